The molecule has 0 fully saturated rings. The molecule has 5 nitrogen and oxygen atoms in total. The van der Waals surface area contributed by atoms with Gasteiger partial charge in [-0.25, -0.2) is 0 Å². The molecular weight excluding hydrogens is 330 g/mol. The third kappa shape index (κ3) is 4.49. The van der Waals surface area contributed by atoms with E-state index in [0.29, 0.717) is 27.8 Å². The number of amides is 1. The summed E-state index contributed by atoms with van der Waals surface area (Å²) in [5.41, 5.74) is 1.07. The van der Waals surface area contributed by atoms with Gasteiger partial charge in [-0.2, -0.15) is 0 Å². The number of anilines is 1. The number of Topliss-reactive ketones (excluding diaryl/α,β-unsaturated/α-hetero) is 1. The predicted octanol–water partition coefficient (Wildman–Crippen LogP) is 3.96. The molecule has 0 aromatic heterocycles. The quantitative estimate of drug-likeness (QED) is 0.803. The smallest absolute Gasteiger partial charge is 0.265 e. The van der Waals surface area contributed by atoms with Crippen molar-refractivity contribution < 1.29 is 19.1 Å². The van der Waals surface area contributed by atoms with Crippen LogP contribution < -0.4 is 14.8 Å². The van der Waals surface area contributed by atoms with Crippen LogP contribution in [-0.4, -0.2) is 24.9 Å². The first kappa shape index (κ1) is 17.8. The van der Waals surface area contributed by atoms with Crippen LogP contribution in [0.2, 0.25) is 5.02 Å². The van der Waals surface area contributed by atoms with Crippen LogP contribution in [0, 0.1) is 0 Å². The molecule has 1 N–H and O–H groups in total. The summed E-state index contributed by atoms with van der Waals surface area (Å²) in [6.45, 7) is 3.10. The Hall–Kier alpha value is -2.53. The number of halogens is 1. The molecule has 1 atom stereocenters. The third-order valence-electron chi connectivity index (χ3n) is 3.34. The van der Waals surface area contributed by atoms with E-state index in [1.165, 1.54) is 14.0 Å². The van der Waals surface area contributed by atoms with E-state index in [1.807, 2.05) is 0 Å². The van der Waals surface area contributed by atoms with Gasteiger partial charge in [0.25, 0.3) is 5.91 Å². The Morgan fingerprint density at radius 1 is 1.17 bits per heavy atom. The molecule has 1 amide bonds. The fraction of sp³-hybridized carbons (Fsp3) is 0.222. The van der Waals surface area contributed by atoms with Gasteiger partial charge in [0.05, 0.1) is 12.1 Å². The van der Waals surface area contributed by atoms with Gasteiger partial charge in [0.15, 0.2) is 11.9 Å². The number of ketones is 1. The van der Waals surface area contributed by atoms with E-state index in [0.717, 1.165) is 0 Å². The first-order chi connectivity index (χ1) is 11.4. The summed E-state index contributed by atoms with van der Waals surface area (Å²) < 4.78 is 10.7. The maximum absolute atomic E-state index is 12.2. The average molecular weight is 348 g/mol. The molecule has 0 aliphatic carbocycles. The lowest BCUT2D eigenvalue weighted by molar-refractivity contribution is -0.122. The van der Waals surface area contributed by atoms with Crippen molar-refractivity contribution in [2.75, 3.05) is 12.4 Å². The van der Waals surface area contributed by atoms with E-state index in [-0.39, 0.29) is 11.7 Å². The summed E-state index contributed by atoms with van der Waals surface area (Å²) >= 11 is 6.03. The Kier molecular flexibility index (Phi) is 5.82. The van der Waals surface area contributed by atoms with E-state index >= 15 is 0 Å². The van der Waals surface area contributed by atoms with E-state index in [4.69, 9.17) is 21.1 Å². The molecule has 0 radical (unpaired) electrons. The minimum Gasteiger partial charge on any atom is -0.495 e. The molecule has 24 heavy (non-hydrogen) atoms. The number of hydrogen-bond donors (Lipinski definition) is 1. The zero-order valence-corrected chi connectivity index (χ0v) is 14.4. The van der Waals surface area contributed by atoms with Gasteiger partial charge in [-0.1, -0.05) is 23.7 Å². The van der Waals surface area contributed by atoms with Crippen molar-refractivity contribution in [2.24, 2.45) is 0 Å². The topological polar surface area (TPSA) is 64.6 Å². The summed E-state index contributed by atoms with van der Waals surface area (Å²) in [6.07, 6.45) is -0.743. The molecule has 126 valence electrons. The van der Waals surface area contributed by atoms with Gasteiger partial charge < -0.3 is 14.8 Å². The van der Waals surface area contributed by atoms with Gasteiger partial charge >= 0.3 is 0 Å². The monoisotopic (exact) mass is 347 g/mol. The van der Waals surface area contributed by atoms with Crippen LogP contribution in [0.1, 0.15) is 24.2 Å². The van der Waals surface area contributed by atoms with E-state index in [9.17, 15) is 9.59 Å². The number of hydrogen-bond acceptors (Lipinski definition) is 4. The van der Waals surface area contributed by atoms with Crippen molar-refractivity contribution >= 4 is 29.0 Å². The molecule has 0 heterocycles. The molecule has 0 saturated carbocycles. The van der Waals surface area contributed by atoms with Gasteiger partial charge in [0, 0.05) is 11.3 Å². The largest absolute Gasteiger partial charge is 0.495 e. The van der Waals surface area contributed by atoms with Crippen LogP contribution in [-0.2, 0) is 4.79 Å². The highest BCUT2D eigenvalue weighted by molar-refractivity contribution is 6.32. The maximum Gasteiger partial charge on any atom is 0.265 e. The number of methoxy groups -OCH3 is 1. The van der Waals surface area contributed by atoms with Crippen LogP contribution in [0.5, 0.6) is 11.5 Å². The van der Waals surface area contributed by atoms with E-state index in [2.05, 4.69) is 5.32 Å². The van der Waals surface area contributed by atoms with Gasteiger partial charge in [-0.05, 0) is 44.2 Å². The van der Waals surface area contributed by atoms with Gasteiger partial charge in [0.2, 0.25) is 0 Å². The summed E-state index contributed by atoms with van der Waals surface area (Å²) in [6, 6.07) is 11.7. The molecule has 0 saturated heterocycles. The number of benzene rings is 2. The number of ether oxygens (including phenoxy) is 2. The Labute approximate surface area is 145 Å². The molecule has 0 bridgehead atoms. The van der Waals surface area contributed by atoms with Crippen molar-refractivity contribution in [2.45, 2.75) is 20.0 Å². The summed E-state index contributed by atoms with van der Waals surface area (Å²) in [7, 11) is 1.52. The predicted molar refractivity (Wildman–Crippen MR) is 93.2 cm³/mol. The van der Waals surface area contributed by atoms with Crippen molar-refractivity contribution in [1.82, 2.24) is 0 Å². The van der Waals surface area contributed by atoms with Crippen molar-refractivity contribution in [3.05, 3.63) is 53.1 Å². The molecule has 2 aromatic rings. The second kappa shape index (κ2) is 7.84. The third-order valence-corrected chi connectivity index (χ3v) is 3.64. The van der Waals surface area contributed by atoms with E-state index < -0.39 is 6.10 Å². The van der Waals surface area contributed by atoms with Crippen molar-refractivity contribution in [3.8, 4) is 11.5 Å². The van der Waals surface area contributed by atoms with Gasteiger partial charge in [-0.3, -0.25) is 9.59 Å². The molecule has 1 unspecified atom stereocenters. The molecule has 2 rings (SSSR count). The van der Waals surface area contributed by atoms with Crippen LogP contribution >= 0.6 is 11.6 Å². The molecule has 2 aromatic carbocycles. The normalized spacial score (nSPS) is 11.5. The first-order valence-corrected chi connectivity index (χ1v) is 7.70. The summed E-state index contributed by atoms with van der Waals surface area (Å²) in [5, 5.41) is 3.12. The van der Waals surface area contributed by atoms with Crippen molar-refractivity contribution in [1.29, 1.82) is 0 Å². The Morgan fingerprint density at radius 3 is 2.54 bits per heavy atom. The second-order valence-electron chi connectivity index (χ2n) is 5.18. The highest BCUT2D eigenvalue weighted by Gasteiger charge is 2.16. The number of carbonyl (C=O) groups excluding carboxylic acids is 2. The molecular formula is C18H18ClNO4. The molecule has 0 aliphatic heterocycles. The number of nitrogens with one attached hydrogen (secondary N) is 1. The molecule has 0 spiro atoms. The lowest BCUT2D eigenvalue weighted by Crippen LogP contribution is -2.30. The Bertz CT molecular complexity index is 760. The zero-order valence-electron chi connectivity index (χ0n) is 13.6. The van der Waals surface area contributed by atoms with Crippen LogP contribution in [0.15, 0.2) is 42.5 Å². The summed E-state index contributed by atoms with van der Waals surface area (Å²) in [5.74, 6) is 0.591. The minimum atomic E-state index is -0.743. The van der Waals surface area contributed by atoms with E-state index in [1.54, 1.807) is 49.4 Å². The van der Waals surface area contributed by atoms with Crippen LogP contribution in [0.3, 0.4) is 0 Å². The first-order valence-electron chi connectivity index (χ1n) is 7.32. The van der Waals surface area contributed by atoms with Crippen molar-refractivity contribution in [3.63, 3.8) is 0 Å². The Morgan fingerprint density at radius 2 is 1.92 bits per heavy atom. The second-order valence-corrected chi connectivity index (χ2v) is 5.59. The van der Waals surface area contributed by atoms with Crippen LogP contribution in [0.25, 0.3) is 0 Å². The standard InChI is InChI=1S/C18H18ClNO4/c1-11(21)13-5-4-6-15(9-13)24-12(2)18(22)20-14-7-8-17(23-3)16(19)10-14/h4-10,12H,1-3H3,(H,20,22). The minimum absolute atomic E-state index is 0.0644. The lowest BCUT2D eigenvalue weighted by atomic mass is 10.1. The number of rotatable bonds is 6. The SMILES string of the molecule is COc1ccc(NC(=O)C(C)Oc2cccc(C(C)=O)c2)cc1Cl. The van der Waals surface area contributed by atoms with Gasteiger partial charge in [-0.15, -0.1) is 0 Å². The van der Waals surface area contributed by atoms with Gasteiger partial charge in [0.1, 0.15) is 11.5 Å². The molecule has 6 heteroatoms. The summed E-state index contributed by atoms with van der Waals surface area (Å²) in [4.78, 5) is 23.6. The number of carbonyl (C=O) groups is 2. The molecule has 0 aliphatic rings. The Balaban J connectivity index is 2.03. The highest BCUT2D eigenvalue weighted by Crippen LogP contribution is 2.27. The highest BCUT2D eigenvalue weighted by atomic mass is 35.5. The maximum atomic E-state index is 12.2. The zero-order chi connectivity index (χ0) is 17.7. The van der Waals surface area contributed by atoms with Crippen LogP contribution in [0.4, 0.5) is 5.69 Å². The average Bonchev–Trinajstić information content (AvgIpc) is 2.55. The fourth-order valence-electron chi connectivity index (χ4n) is 2.03. The fourth-order valence-corrected chi connectivity index (χ4v) is 2.29. The lowest BCUT2D eigenvalue weighted by Gasteiger charge is -2.15.